The molecular formula is C19H41N5O4. The van der Waals surface area contributed by atoms with Crippen molar-refractivity contribution < 1.29 is 19.4 Å². The molecule has 0 spiro atoms. The predicted molar refractivity (Wildman–Crippen MR) is 111 cm³/mol. The van der Waals surface area contributed by atoms with Gasteiger partial charge >= 0.3 is 6.09 Å². The third-order valence-electron chi connectivity index (χ3n) is 3.78. The van der Waals surface area contributed by atoms with Crippen LogP contribution < -0.4 is 27.0 Å². The quantitative estimate of drug-likeness (QED) is 0.213. The van der Waals surface area contributed by atoms with E-state index in [-0.39, 0.29) is 0 Å². The molecule has 7 N–H and O–H groups in total. The third kappa shape index (κ3) is 15.6. The molecule has 9 heteroatoms. The van der Waals surface area contributed by atoms with Crippen molar-refractivity contribution in [1.29, 1.82) is 0 Å². The number of aliphatic hydroxyl groups is 1. The van der Waals surface area contributed by atoms with Crippen molar-refractivity contribution in [2.24, 2.45) is 5.73 Å². The molecule has 0 rings (SSSR count). The Labute approximate surface area is 169 Å². The summed E-state index contributed by atoms with van der Waals surface area (Å²) in [5, 5.41) is 21.6. The number of unbranched alkanes of at least 4 members (excludes halogenated alkanes) is 1. The Morgan fingerprint density at radius 1 is 0.964 bits per heavy atom. The fourth-order valence-electron chi connectivity index (χ4n) is 2.35. The van der Waals surface area contributed by atoms with Crippen molar-refractivity contribution in [3.63, 3.8) is 0 Å². The second kappa shape index (κ2) is 15.5. The number of carbonyl (C=O) groups is 2. The molecule has 0 aromatic carbocycles. The van der Waals surface area contributed by atoms with Gasteiger partial charge in [0, 0.05) is 6.54 Å². The number of carbonyl (C=O) groups excluding carboxylic acids is 2. The predicted octanol–water partition coefficient (Wildman–Crippen LogP) is 0.0750. The van der Waals surface area contributed by atoms with Crippen LogP contribution in [0.3, 0.4) is 0 Å². The van der Waals surface area contributed by atoms with E-state index in [2.05, 4.69) is 21.3 Å². The Bertz CT molecular complexity index is 427. The number of rotatable bonds is 15. The molecule has 0 heterocycles. The van der Waals surface area contributed by atoms with Crippen molar-refractivity contribution in [3.8, 4) is 0 Å². The van der Waals surface area contributed by atoms with Crippen LogP contribution in [-0.4, -0.2) is 74.1 Å². The third-order valence-corrected chi connectivity index (χ3v) is 3.78. The summed E-state index contributed by atoms with van der Waals surface area (Å²) < 4.78 is 5.12. The summed E-state index contributed by atoms with van der Waals surface area (Å²) in [6.45, 7) is 11.5. The molecule has 2 amide bonds. The Balaban J connectivity index is 3.82. The van der Waals surface area contributed by atoms with Gasteiger partial charge in [-0.05, 0) is 86.1 Å². The Hall–Kier alpha value is -1.42. The molecule has 9 nitrogen and oxygen atoms in total. The molecule has 2 atom stereocenters. The van der Waals surface area contributed by atoms with Gasteiger partial charge in [0.25, 0.3) is 0 Å². The van der Waals surface area contributed by atoms with Crippen LogP contribution in [0.2, 0.25) is 0 Å². The number of amides is 2. The minimum absolute atomic E-state index is 0.426. The van der Waals surface area contributed by atoms with E-state index in [1.165, 1.54) is 6.92 Å². The molecule has 28 heavy (non-hydrogen) atoms. The summed E-state index contributed by atoms with van der Waals surface area (Å²) in [4.78, 5) is 24.0. The lowest BCUT2D eigenvalue weighted by molar-refractivity contribution is -0.125. The van der Waals surface area contributed by atoms with E-state index in [9.17, 15) is 14.7 Å². The first kappa shape index (κ1) is 26.6. The minimum Gasteiger partial charge on any atom is -0.444 e. The van der Waals surface area contributed by atoms with Crippen LogP contribution in [0.15, 0.2) is 0 Å². The monoisotopic (exact) mass is 403 g/mol. The van der Waals surface area contributed by atoms with E-state index in [0.717, 1.165) is 58.4 Å². The number of hydrogen-bond acceptors (Lipinski definition) is 7. The zero-order chi connectivity index (χ0) is 21.4. The largest absolute Gasteiger partial charge is 0.444 e. The van der Waals surface area contributed by atoms with Gasteiger partial charge in [0.05, 0.1) is 6.10 Å². The van der Waals surface area contributed by atoms with E-state index in [1.807, 2.05) is 0 Å². The average molecular weight is 404 g/mol. The summed E-state index contributed by atoms with van der Waals surface area (Å²) in [5.41, 5.74) is 4.76. The van der Waals surface area contributed by atoms with Gasteiger partial charge in [0.1, 0.15) is 11.6 Å². The highest BCUT2D eigenvalue weighted by Crippen LogP contribution is 2.07. The molecule has 0 aromatic heterocycles. The Kier molecular flexibility index (Phi) is 14.7. The van der Waals surface area contributed by atoms with Crippen molar-refractivity contribution in [2.45, 2.75) is 71.1 Å². The van der Waals surface area contributed by atoms with E-state index in [4.69, 9.17) is 10.5 Å². The molecule has 0 aromatic rings. The zero-order valence-corrected chi connectivity index (χ0v) is 18.0. The lowest BCUT2D eigenvalue weighted by atomic mass is 10.1. The van der Waals surface area contributed by atoms with Crippen LogP contribution in [0.4, 0.5) is 4.79 Å². The number of aliphatic hydroxyl groups excluding tert-OH is 1. The Morgan fingerprint density at radius 2 is 1.50 bits per heavy atom. The van der Waals surface area contributed by atoms with E-state index in [0.29, 0.717) is 6.54 Å². The second-order valence-electron chi connectivity index (χ2n) is 7.86. The molecule has 1 unspecified atom stereocenters. The molecule has 0 fully saturated rings. The minimum atomic E-state index is -1.05. The maximum absolute atomic E-state index is 12.2. The highest BCUT2D eigenvalue weighted by atomic mass is 16.6. The number of ether oxygens (including phenoxy) is 1. The summed E-state index contributed by atoms with van der Waals surface area (Å²) >= 11 is 0. The van der Waals surface area contributed by atoms with Crippen molar-refractivity contribution in [3.05, 3.63) is 0 Å². The number of alkyl carbamates (subject to hydrolysis) is 1. The molecule has 0 bridgehead atoms. The number of hydrogen-bond donors (Lipinski definition) is 6. The van der Waals surface area contributed by atoms with Gasteiger partial charge in [-0.2, -0.15) is 0 Å². The lowest BCUT2D eigenvalue weighted by Crippen LogP contribution is -2.53. The summed E-state index contributed by atoms with van der Waals surface area (Å²) in [5.74, 6) is -0.426. The number of nitrogens with one attached hydrogen (secondary N) is 4. The van der Waals surface area contributed by atoms with E-state index >= 15 is 0 Å². The molecule has 0 radical (unpaired) electrons. The van der Waals surface area contributed by atoms with Crippen LogP contribution in [-0.2, 0) is 9.53 Å². The fraction of sp³-hybridized carbons (Fsp3) is 0.895. The maximum Gasteiger partial charge on any atom is 0.408 e. The Morgan fingerprint density at radius 3 is 2.00 bits per heavy atom. The smallest absolute Gasteiger partial charge is 0.408 e. The SMILES string of the molecule is CC(O)[C@@H](NC(=O)OC(C)(C)C)C(=O)NCCCNCCCCNCCCN. The molecule has 0 aliphatic heterocycles. The highest BCUT2D eigenvalue weighted by molar-refractivity contribution is 5.86. The van der Waals surface area contributed by atoms with Gasteiger partial charge in [-0.3, -0.25) is 4.79 Å². The molecule has 0 saturated carbocycles. The van der Waals surface area contributed by atoms with Gasteiger partial charge in [-0.25, -0.2) is 4.79 Å². The van der Waals surface area contributed by atoms with Crippen LogP contribution in [0.1, 0.15) is 53.4 Å². The van der Waals surface area contributed by atoms with Gasteiger partial charge in [-0.1, -0.05) is 0 Å². The van der Waals surface area contributed by atoms with Crippen LogP contribution >= 0.6 is 0 Å². The van der Waals surface area contributed by atoms with Crippen molar-refractivity contribution >= 4 is 12.0 Å². The standard InChI is InChI=1S/C19H41N5O4/c1-15(25)16(24-18(27)28-19(2,3)4)17(26)23-14-8-13-22-11-6-5-10-21-12-7-9-20/h15-16,21-22,25H,5-14,20H2,1-4H3,(H,23,26)(H,24,27)/t15?,16-/m1/s1. The van der Waals surface area contributed by atoms with Gasteiger partial charge in [0.2, 0.25) is 5.91 Å². The number of nitrogens with two attached hydrogens (primary N) is 1. The summed E-state index contributed by atoms with van der Waals surface area (Å²) in [6, 6.07) is -1.05. The van der Waals surface area contributed by atoms with Crippen molar-refractivity contribution in [2.75, 3.05) is 39.3 Å². The average Bonchev–Trinajstić information content (AvgIpc) is 2.58. The first-order valence-electron chi connectivity index (χ1n) is 10.2. The van der Waals surface area contributed by atoms with Gasteiger partial charge in [0.15, 0.2) is 0 Å². The first-order chi connectivity index (χ1) is 13.2. The maximum atomic E-state index is 12.2. The fourth-order valence-corrected chi connectivity index (χ4v) is 2.35. The summed E-state index contributed by atoms with van der Waals surface area (Å²) in [7, 11) is 0. The molecule has 0 aliphatic carbocycles. The lowest BCUT2D eigenvalue weighted by Gasteiger charge is -2.24. The summed E-state index contributed by atoms with van der Waals surface area (Å²) in [6.07, 6.45) is 2.22. The second-order valence-corrected chi connectivity index (χ2v) is 7.86. The van der Waals surface area contributed by atoms with Crippen LogP contribution in [0, 0.1) is 0 Å². The highest BCUT2D eigenvalue weighted by Gasteiger charge is 2.27. The normalized spacial score (nSPS) is 13.6. The molecular weight excluding hydrogens is 362 g/mol. The van der Waals surface area contributed by atoms with Crippen molar-refractivity contribution in [1.82, 2.24) is 21.3 Å². The van der Waals surface area contributed by atoms with E-state index in [1.54, 1.807) is 20.8 Å². The zero-order valence-electron chi connectivity index (χ0n) is 18.0. The van der Waals surface area contributed by atoms with Gasteiger partial charge < -0.3 is 36.8 Å². The molecule has 0 aliphatic rings. The van der Waals surface area contributed by atoms with Crippen LogP contribution in [0.5, 0.6) is 0 Å². The first-order valence-corrected chi connectivity index (χ1v) is 10.2. The van der Waals surface area contributed by atoms with Crippen LogP contribution in [0.25, 0.3) is 0 Å². The van der Waals surface area contributed by atoms with Gasteiger partial charge in [-0.15, -0.1) is 0 Å². The molecule has 166 valence electrons. The van der Waals surface area contributed by atoms with E-state index < -0.39 is 29.7 Å². The topological polar surface area (TPSA) is 138 Å². The molecule has 0 saturated heterocycles.